The SMILES string of the molecule is Cc1cnc(Oc2cc(F)c(Br)cc2[N+](=O)[O-])c(N)c1. The normalized spacial score (nSPS) is 10.3. The Kier molecular flexibility index (Phi) is 3.84. The maximum absolute atomic E-state index is 13.5. The van der Waals surface area contributed by atoms with Crippen LogP contribution in [-0.4, -0.2) is 9.91 Å². The molecule has 0 aliphatic carbocycles. The van der Waals surface area contributed by atoms with Gasteiger partial charge in [0.15, 0.2) is 0 Å². The van der Waals surface area contributed by atoms with E-state index in [1.807, 2.05) is 0 Å². The van der Waals surface area contributed by atoms with Crippen LogP contribution in [0.3, 0.4) is 0 Å². The van der Waals surface area contributed by atoms with Gasteiger partial charge in [0.25, 0.3) is 0 Å². The molecule has 0 amide bonds. The molecule has 0 atom stereocenters. The summed E-state index contributed by atoms with van der Waals surface area (Å²) in [4.78, 5) is 14.2. The molecule has 20 heavy (non-hydrogen) atoms. The van der Waals surface area contributed by atoms with Crippen molar-refractivity contribution in [2.75, 3.05) is 5.73 Å². The fraction of sp³-hybridized carbons (Fsp3) is 0.0833. The van der Waals surface area contributed by atoms with Crippen molar-refractivity contribution in [3.05, 3.63) is 50.4 Å². The molecule has 2 rings (SSSR count). The lowest BCUT2D eigenvalue weighted by Gasteiger charge is -2.08. The number of aromatic nitrogens is 1. The average Bonchev–Trinajstić information content (AvgIpc) is 2.36. The summed E-state index contributed by atoms with van der Waals surface area (Å²) in [5, 5.41) is 10.9. The molecule has 0 saturated carbocycles. The zero-order chi connectivity index (χ0) is 14.9. The number of halogens is 2. The number of nitro benzene ring substituents is 1. The second-order valence-electron chi connectivity index (χ2n) is 4.00. The lowest BCUT2D eigenvalue weighted by Crippen LogP contribution is -1.99. The van der Waals surface area contributed by atoms with Crippen LogP contribution < -0.4 is 10.5 Å². The van der Waals surface area contributed by atoms with E-state index >= 15 is 0 Å². The van der Waals surface area contributed by atoms with E-state index in [4.69, 9.17) is 10.5 Å². The van der Waals surface area contributed by atoms with Crippen LogP contribution >= 0.6 is 15.9 Å². The van der Waals surface area contributed by atoms with E-state index in [0.29, 0.717) is 0 Å². The minimum absolute atomic E-state index is 0.0135. The molecule has 0 aliphatic heterocycles. The largest absolute Gasteiger partial charge is 0.430 e. The topological polar surface area (TPSA) is 91.3 Å². The highest BCUT2D eigenvalue weighted by Crippen LogP contribution is 2.36. The minimum Gasteiger partial charge on any atom is -0.430 e. The molecule has 0 aliphatic rings. The molecule has 0 fully saturated rings. The summed E-state index contributed by atoms with van der Waals surface area (Å²) >= 11 is 2.88. The van der Waals surface area contributed by atoms with Crippen LogP contribution in [0.2, 0.25) is 0 Å². The molecule has 6 nitrogen and oxygen atoms in total. The van der Waals surface area contributed by atoms with E-state index in [9.17, 15) is 14.5 Å². The van der Waals surface area contributed by atoms with Gasteiger partial charge in [0.05, 0.1) is 15.1 Å². The van der Waals surface area contributed by atoms with Crippen molar-refractivity contribution in [1.29, 1.82) is 0 Å². The van der Waals surface area contributed by atoms with E-state index < -0.39 is 10.7 Å². The quantitative estimate of drug-likeness (QED) is 0.680. The molecule has 0 saturated heterocycles. The molecule has 0 bridgehead atoms. The first kappa shape index (κ1) is 14.2. The van der Waals surface area contributed by atoms with Crippen molar-refractivity contribution < 1.29 is 14.1 Å². The fourth-order valence-electron chi connectivity index (χ4n) is 1.51. The Hall–Kier alpha value is -2.22. The molecular weight excluding hydrogens is 333 g/mol. The molecular formula is C12H9BrFN3O3. The Balaban J connectivity index is 2.47. The molecule has 2 N–H and O–H groups in total. The number of anilines is 1. The molecule has 1 heterocycles. The first-order chi connectivity index (χ1) is 9.38. The predicted octanol–water partition coefficient (Wildman–Crippen LogP) is 3.57. The van der Waals surface area contributed by atoms with Crippen LogP contribution in [0.4, 0.5) is 15.8 Å². The van der Waals surface area contributed by atoms with Crippen molar-refractivity contribution in [1.82, 2.24) is 4.98 Å². The van der Waals surface area contributed by atoms with Crippen LogP contribution in [0.15, 0.2) is 28.9 Å². The van der Waals surface area contributed by atoms with Crippen LogP contribution in [0.1, 0.15) is 5.56 Å². The fourth-order valence-corrected chi connectivity index (χ4v) is 1.84. The average molecular weight is 342 g/mol. The van der Waals surface area contributed by atoms with Gasteiger partial charge in [-0.1, -0.05) is 0 Å². The molecule has 1 aromatic heterocycles. The Labute approximate surface area is 121 Å². The second-order valence-corrected chi connectivity index (χ2v) is 4.85. The molecule has 2 aromatic rings. The van der Waals surface area contributed by atoms with Gasteiger partial charge in [-0.05, 0) is 34.5 Å². The molecule has 8 heteroatoms. The third-order valence-electron chi connectivity index (χ3n) is 2.42. The molecule has 0 spiro atoms. The van der Waals surface area contributed by atoms with Gasteiger partial charge in [0.1, 0.15) is 5.82 Å². The number of pyridine rings is 1. The summed E-state index contributed by atoms with van der Waals surface area (Å²) in [6, 6.07) is 3.53. The number of benzene rings is 1. The Morgan fingerprint density at radius 3 is 2.75 bits per heavy atom. The van der Waals surface area contributed by atoms with Gasteiger partial charge in [0, 0.05) is 18.3 Å². The third-order valence-corrected chi connectivity index (χ3v) is 3.03. The van der Waals surface area contributed by atoms with Crippen LogP contribution in [-0.2, 0) is 0 Å². The highest BCUT2D eigenvalue weighted by molar-refractivity contribution is 9.10. The second kappa shape index (κ2) is 5.41. The highest BCUT2D eigenvalue weighted by atomic mass is 79.9. The standard InChI is InChI=1S/C12H9BrFN3O3/c1-6-2-9(15)12(16-5-6)20-11-4-8(14)7(13)3-10(11)17(18)19/h2-5H,15H2,1H3. The van der Waals surface area contributed by atoms with Crippen LogP contribution in [0, 0.1) is 22.9 Å². The molecule has 0 radical (unpaired) electrons. The number of hydrogen-bond donors (Lipinski definition) is 1. The van der Waals surface area contributed by atoms with E-state index in [1.165, 1.54) is 6.20 Å². The van der Waals surface area contributed by atoms with Crippen molar-refractivity contribution in [3.8, 4) is 11.6 Å². The van der Waals surface area contributed by atoms with Gasteiger partial charge >= 0.3 is 5.69 Å². The third kappa shape index (κ3) is 2.85. The van der Waals surface area contributed by atoms with Crippen molar-refractivity contribution in [2.45, 2.75) is 6.92 Å². The van der Waals surface area contributed by atoms with Crippen molar-refractivity contribution >= 4 is 27.3 Å². The monoisotopic (exact) mass is 341 g/mol. The summed E-state index contributed by atoms with van der Waals surface area (Å²) in [7, 11) is 0. The van der Waals surface area contributed by atoms with Crippen LogP contribution in [0.5, 0.6) is 11.6 Å². The van der Waals surface area contributed by atoms with E-state index in [1.54, 1.807) is 13.0 Å². The number of nitrogen functional groups attached to an aromatic ring is 1. The van der Waals surface area contributed by atoms with E-state index in [-0.39, 0.29) is 27.5 Å². The van der Waals surface area contributed by atoms with Crippen molar-refractivity contribution in [2.24, 2.45) is 0 Å². The first-order valence-electron chi connectivity index (χ1n) is 5.42. The number of ether oxygens (including phenoxy) is 1. The van der Waals surface area contributed by atoms with Gasteiger partial charge < -0.3 is 10.5 Å². The lowest BCUT2D eigenvalue weighted by atomic mass is 10.3. The number of nitro groups is 1. The molecule has 104 valence electrons. The molecule has 1 aromatic carbocycles. The minimum atomic E-state index is -0.684. The zero-order valence-corrected chi connectivity index (χ0v) is 11.8. The first-order valence-corrected chi connectivity index (χ1v) is 6.21. The van der Waals surface area contributed by atoms with Gasteiger partial charge in [0.2, 0.25) is 11.6 Å². The van der Waals surface area contributed by atoms with Crippen LogP contribution in [0.25, 0.3) is 0 Å². The summed E-state index contributed by atoms with van der Waals surface area (Å²) in [6.07, 6.45) is 1.49. The summed E-state index contributed by atoms with van der Waals surface area (Å²) in [6.45, 7) is 1.79. The Morgan fingerprint density at radius 2 is 2.15 bits per heavy atom. The van der Waals surface area contributed by atoms with Crippen molar-refractivity contribution in [3.63, 3.8) is 0 Å². The summed E-state index contributed by atoms with van der Waals surface area (Å²) < 4.78 is 18.7. The number of nitrogens with zero attached hydrogens (tertiary/aromatic N) is 2. The van der Waals surface area contributed by atoms with Gasteiger partial charge in [-0.25, -0.2) is 9.37 Å². The number of aryl methyl sites for hydroxylation is 1. The Bertz CT molecular complexity index is 694. The van der Waals surface area contributed by atoms with Gasteiger partial charge in [-0.15, -0.1) is 0 Å². The maximum Gasteiger partial charge on any atom is 0.312 e. The number of nitrogens with two attached hydrogens (primary N) is 1. The highest BCUT2D eigenvalue weighted by Gasteiger charge is 2.20. The predicted molar refractivity (Wildman–Crippen MR) is 74.2 cm³/mol. The Morgan fingerprint density at radius 1 is 1.45 bits per heavy atom. The zero-order valence-electron chi connectivity index (χ0n) is 10.3. The number of hydrogen-bond acceptors (Lipinski definition) is 5. The molecule has 0 unspecified atom stereocenters. The van der Waals surface area contributed by atoms with E-state index in [2.05, 4.69) is 20.9 Å². The number of rotatable bonds is 3. The summed E-state index contributed by atoms with van der Waals surface area (Å²) in [5.74, 6) is -0.963. The lowest BCUT2D eigenvalue weighted by molar-refractivity contribution is -0.385. The smallest absolute Gasteiger partial charge is 0.312 e. The van der Waals surface area contributed by atoms with Gasteiger partial charge in [-0.2, -0.15) is 0 Å². The maximum atomic E-state index is 13.5. The van der Waals surface area contributed by atoms with E-state index in [0.717, 1.165) is 17.7 Å². The summed E-state index contributed by atoms with van der Waals surface area (Å²) in [5.41, 5.74) is 6.34. The van der Waals surface area contributed by atoms with Gasteiger partial charge in [-0.3, -0.25) is 10.1 Å².